The fraction of sp³-hybridized carbons (Fsp3) is 0.214. The van der Waals surface area contributed by atoms with Crippen LogP contribution in [-0.2, 0) is 0 Å². The Kier molecular flexibility index (Phi) is 3.99. The Bertz CT molecular complexity index is 722. The van der Waals surface area contributed by atoms with Crippen LogP contribution in [0, 0.1) is 10.1 Å². The number of carboxylic acids is 1. The van der Waals surface area contributed by atoms with Crippen molar-refractivity contribution in [1.29, 1.82) is 0 Å². The summed E-state index contributed by atoms with van der Waals surface area (Å²) >= 11 is 6.11. The van der Waals surface area contributed by atoms with Gasteiger partial charge in [0.25, 0.3) is 5.69 Å². The molecule has 2 aromatic rings. The van der Waals surface area contributed by atoms with Crippen molar-refractivity contribution in [3.05, 3.63) is 51.2 Å². The molecule has 0 atom stereocenters. The standard InChI is InChI=1S/C14H13ClN2O4/c1-8(2)16-12(5-6-13(16)14(18)19)10-4-3-9(17(20)21)7-11(10)15/h3-8H,1-2H3,(H,18,19). The van der Waals surface area contributed by atoms with Crippen molar-refractivity contribution in [2.75, 3.05) is 0 Å². The number of carbonyl (C=O) groups is 1. The molecule has 1 heterocycles. The molecule has 0 saturated heterocycles. The SMILES string of the molecule is CC(C)n1c(C(=O)O)ccc1-c1ccc([N+](=O)[O-])cc1Cl. The highest BCUT2D eigenvalue weighted by Gasteiger charge is 2.20. The first kappa shape index (κ1) is 15.1. The molecule has 0 aliphatic heterocycles. The van der Waals surface area contributed by atoms with Gasteiger partial charge >= 0.3 is 5.97 Å². The summed E-state index contributed by atoms with van der Waals surface area (Å²) < 4.78 is 1.63. The summed E-state index contributed by atoms with van der Waals surface area (Å²) in [7, 11) is 0. The van der Waals surface area contributed by atoms with Gasteiger partial charge in [-0.2, -0.15) is 0 Å². The number of benzene rings is 1. The first-order valence-electron chi connectivity index (χ1n) is 6.21. The van der Waals surface area contributed by atoms with Crippen molar-refractivity contribution in [3.63, 3.8) is 0 Å². The van der Waals surface area contributed by atoms with Crippen molar-refractivity contribution in [2.24, 2.45) is 0 Å². The molecule has 0 aliphatic rings. The van der Waals surface area contributed by atoms with Gasteiger partial charge in [0.1, 0.15) is 5.69 Å². The zero-order chi connectivity index (χ0) is 15.7. The predicted molar refractivity (Wildman–Crippen MR) is 78.9 cm³/mol. The third-order valence-electron chi connectivity index (χ3n) is 3.09. The van der Waals surface area contributed by atoms with Gasteiger partial charge in [0, 0.05) is 23.7 Å². The van der Waals surface area contributed by atoms with Crippen molar-refractivity contribution >= 4 is 23.3 Å². The number of halogens is 1. The Labute approximate surface area is 125 Å². The monoisotopic (exact) mass is 308 g/mol. The molecule has 1 N–H and O–H groups in total. The number of hydrogen-bond acceptors (Lipinski definition) is 3. The second kappa shape index (κ2) is 5.57. The van der Waals surface area contributed by atoms with E-state index >= 15 is 0 Å². The molecular formula is C14H13ClN2O4. The molecule has 110 valence electrons. The summed E-state index contributed by atoms with van der Waals surface area (Å²) in [5, 5.41) is 20.2. The lowest BCUT2D eigenvalue weighted by molar-refractivity contribution is -0.384. The molecule has 0 amide bonds. The van der Waals surface area contributed by atoms with Crippen LogP contribution in [0.5, 0.6) is 0 Å². The Morgan fingerprint density at radius 1 is 1.33 bits per heavy atom. The topological polar surface area (TPSA) is 85.4 Å². The van der Waals surface area contributed by atoms with E-state index < -0.39 is 10.9 Å². The summed E-state index contributed by atoms with van der Waals surface area (Å²) in [5.41, 5.74) is 1.21. The van der Waals surface area contributed by atoms with Crippen LogP contribution in [0.3, 0.4) is 0 Å². The second-order valence-corrected chi connectivity index (χ2v) is 5.20. The third-order valence-corrected chi connectivity index (χ3v) is 3.41. The highest BCUT2D eigenvalue weighted by Crippen LogP contribution is 2.34. The highest BCUT2D eigenvalue weighted by atomic mass is 35.5. The molecule has 0 saturated carbocycles. The van der Waals surface area contributed by atoms with E-state index in [-0.39, 0.29) is 22.4 Å². The van der Waals surface area contributed by atoms with Gasteiger partial charge in [0.2, 0.25) is 0 Å². The summed E-state index contributed by atoms with van der Waals surface area (Å²) in [4.78, 5) is 21.5. The van der Waals surface area contributed by atoms with Crippen LogP contribution in [0.2, 0.25) is 5.02 Å². The van der Waals surface area contributed by atoms with Crippen molar-refractivity contribution < 1.29 is 14.8 Å². The minimum absolute atomic E-state index is 0.0904. The Morgan fingerprint density at radius 2 is 2.00 bits per heavy atom. The first-order chi connectivity index (χ1) is 9.82. The molecule has 0 aliphatic carbocycles. The van der Waals surface area contributed by atoms with Crippen LogP contribution in [-0.4, -0.2) is 20.6 Å². The number of aromatic nitrogens is 1. The van der Waals surface area contributed by atoms with Crippen LogP contribution in [0.25, 0.3) is 11.3 Å². The van der Waals surface area contributed by atoms with Crippen molar-refractivity contribution in [3.8, 4) is 11.3 Å². The van der Waals surface area contributed by atoms with Gasteiger partial charge in [-0.05, 0) is 32.0 Å². The summed E-state index contributed by atoms with van der Waals surface area (Å²) in [6.45, 7) is 3.71. The average molecular weight is 309 g/mol. The maximum absolute atomic E-state index is 11.3. The van der Waals surface area contributed by atoms with Gasteiger partial charge < -0.3 is 9.67 Å². The Balaban J connectivity index is 2.62. The molecule has 1 aromatic carbocycles. The minimum atomic E-state index is -1.03. The smallest absolute Gasteiger partial charge is 0.352 e. The molecule has 0 spiro atoms. The molecule has 2 rings (SSSR count). The maximum Gasteiger partial charge on any atom is 0.352 e. The van der Waals surface area contributed by atoms with E-state index in [1.807, 2.05) is 13.8 Å². The fourth-order valence-electron chi connectivity index (χ4n) is 2.22. The number of carboxylic acid groups (broad SMARTS) is 1. The number of rotatable bonds is 4. The molecular weight excluding hydrogens is 296 g/mol. The quantitative estimate of drug-likeness (QED) is 0.683. The van der Waals surface area contributed by atoms with Crippen LogP contribution in [0.15, 0.2) is 30.3 Å². The fourth-order valence-corrected chi connectivity index (χ4v) is 2.50. The van der Waals surface area contributed by atoms with Crippen LogP contribution in [0.1, 0.15) is 30.4 Å². The second-order valence-electron chi connectivity index (χ2n) is 4.79. The Hall–Kier alpha value is -2.34. The first-order valence-corrected chi connectivity index (χ1v) is 6.59. The molecule has 0 bridgehead atoms. The summed E-state index contributed by atoms with van der Waals surface area (Å²) in [5.74, 6) is -1.03. The normalized spacial score (nSPS) is 10.9. The predicted octanol–water partition coefficient (Wildman–Crippen LogP) is 4.00. The van der Waals surface area contributed by atoms with Crippen molar-refractivity contribution in [2.45, 2.75) is 19.9 Å². The lowest BCUT2D eigenvalue weighted by Crippen LogP contribution is -2.11. The molecule has 1 aromatic heterocycles. The summed E-state index contributed by atoms with van der Waals surface area (Å²) in [6.07, 6.45) is 0. The van der Waals surface area contributed by atoms with Gasteiger partial charge in [-0.15, -0.1) is 0 Å². The molecule has 0 unspecified atom stereocenters. The minimum Gasteiger partial charge on any atom is -0.477 e. The van der Waals surface area contributed by atoms with Gasteiger partial charge in [0.05, 0.1) is 15.6 Å². The van der Waals surface area contributed by atoms with Crippen LogP contribution in [0.4, 0.5) is 5.69 Å². The number of nitro benzene ring substituents is 1. The number of nitrogens with zero attached hydrogens (tertiary/aromatic N) is 2. The highest BCUT2D eigenvalue weighted by molar-refractivity contribution is 6.33. The van der Waals surface area contributed by atoms with Crippen LogP contribution >= 0.6 is 11.6 Å². The van der Waals surface area contributed by atoms with E-state index in [2.05, 4.69) is 0 Å². The molecule has 0 fully saturated rings. The third kappa shape index (κ3) is 2.75. The van der Waals surface area contributed by atoms with E-state index in [0.29, 0.717) is 11.3 Å². The van der Waals surface area contributed by atoms with Gasteiger partial charge in [0.15, 0.2) is 0 Å². The average Bonchev–Trinajstić information content (AvgIpc) is 2.83. The zero-order valence-electron chi connectivity index (χ0n) is 11.4. The largest absolute Gasteiger partial charge is 0.477 e. The molecule has 6 nitrogen and oxygen atoms in total. The van der Waals surface area contributed by atoms with Gasteiger partial charge in [-0.25, -0.2) is 4.79 Å². The lowest BCUT2D eigenvalue weighted by Gasteiger charge is -2.16. The number of nitro groups is 1. The van der Waals surface area contributed by atoms with E-state index in [1.165, 1.54) is 24.3 Å². The number of aromatic carboxylic acids is 1. The zero-order valence-corrected chi connectivity index (χ0v) is 12.2. The number of non-ortho nitro benzene ring substituents is 1. The van der Waals surface area contributed by atoms with E-state index in [4.69, 9.17) is 11.6 Å². The number of hydrogen-bond donors (Lipinski definition) is 1. The Morgan fingerprint density at radius 3 is 2.48 bits per heavy atom. The van der Waals surface area contributed by atoms with Gasteiger partial charge in [-0.1, -0.05) is 11.6 Å². The maximum atomic E-state index is 11.3. The molecule has 7 heteroatoms. The van der Waals surface area contributed by atoms with E-state index in [1.54, 1.807) is 10.6 Å². The van der Waals surface area contributed by atoms with E-state index in [0.717, 1.165) is 0 Å². The van der Waals surface area contributed by atoms with Gasteiger partial charge in [-0.3, -0.25) is 10.1 Å². The van der Waals surface area contributed by atoms with Crippen molar-refractivity contribution in [1.82, 2.24) is 4.57 Å². The van der Waals surface area contributed by atoms with Crippen LogP contribution < -0.4 is 0 Å². The summed E-state index contributed by atoms with van der Waals surface area (Å²) in [6, 6.07) is 7.19. The van der Waals surface area contributed by atoms with E-state index in [9.17, 15) is 20.0 Å². The molecule has 21 heavy (non-hydrogen) atoms. The molecule has 0 radical (unpaired) electrons. The lowest BCUT2D eigenvalue weighted by atomic mass is 10.1.